The van der Waals surface area contributed by atoms with E-state index in [2.05, 4.69) is 16.9 Å². The molecule has 1 N–H and O–H groups in total. The van der Waals surface area contributed by atoms with Crippen molar-refractivity contribution in [3.63, 3.8) is 0 Å². The Morgan fingerprint density at radius 3 is 2.70 bits per heavy atom. The number of halogens is 2. The second kappa shape index (κ2) is 6.87. The van der Waals surface area contributed by atoms with Gasteiger partial charge >= 0.3 is 0 Å². The van der Waals surface area contributed by atoms with Crippen LogP contribution in [0.1, 0.15) is 24.9 Å². The van der Waals surface area contributed by atoms with Crippen molar-refractivity contribution in [2.75, 3.05) is 0 Å². The molecule has 0 aliphatic carbocycles. The SMILES string of the molecule is CCC(c1ccc(Cl)c(Cl)c1)n1cc(-c2ccccn2)[nH]c1=S. The van der Waals surface area contributed by atoms with Crippen molar-refractivity contribution in [3.8, 4) is 11.4 Å². The summed E-state index contributed by atoms with van der Waals surface area (Å²) in [6.07, 6.45) is 4.65. The van der Waals surface area contributed by atoms with Crippen LogP contribution in [-0.2, 0) is 0 Å². The zero-order valence-corrected chi connectivity index (χ0v) is 14.8. The number of nitrogens with zero attached hydrogens (tertiary/aromatic N) is 2. The van der Waals surface area contributed by atoms with Gasteiger partial charge in [-0.2, -0.15) is 0 Å². The maximum absolute atomic E-state index is 6.16. The van der Waals surface area contributed by atoms with Gasteiger partial charge in [-0.1, -0.05) is 42.3 Å². The molecule has 2 heterocycles. The minimum atomic E-state index is 0.0889. The summed E-state index contributed by atoms with van der Waals surface area (Å²) >= 11 is 17.7. The van der Waals surface area contributed by atoms with Gasteiger partial charge in [-0.25, -0.2) is 0 Å². The highest BCUT2D eigenvalue weighted by atomic mass is 35.5. The van der Waals surface area contributed by atoms with Gasteiger partial charge in [0.05, 0.1) is 27.5 Å². The van der Waals surface area contributed by atoms with E-state index in [1.807, 2.05) is 47.2 Å². The van der Waals surface area contributed by atoms with Gasteiger partial charge in [-0.05, 0) is 48.5 Å². The summed E-state index contributed by atoms with van der Waals surface area (Å²) in [6.45, 7) is 2.11. The average Bonchev–Trinajstić information content (AvgIpc) is 2.94. The number of hydrogen-bond donors (Lipinski definition) is 1. The van der Waals surface area contributed by atoms with Crippen LogP contribution in [0.15, 0.2) is 48.8 Å². The topological polar surface area (TPSA) is 33.6 Å². The fourth-order valence-electron chi connectivity index (χ4n) is 2.61. The van der Waals surface area contributed by atoms with E-state index < -0.39 is 0 Å². The lowest BCUT2D eigenvalue weighted by atomic mass is 10.0. The maximum Gasteiger partial charge on any atom is 0.178 e. The van der Waals surface area contributed by atoms with E-state index in [1.165, 1.54) is 0 Å². The van der Waals surface area contributed by atoms with Gasteiger partial charge < -0.3 is 9.55 Å². The zero-order chi connectivity index (χ0) is 16.4. The van der Waals surface area contributed by atoms with Gasteiger partial charge in [0.2, 0.25) is 0 Å². The van der Waals surface area contributed by atoms with E-state index in [1.54, 1.807) is 6.20 Å². The van der Waals surface area contributed by atoms with E-state index in [9.17, 15) is 0 Å². The van der Waals surface area contributed by atoms with Crippen LogP contribution >= 0.6 is 35.4 Å². The minimum absolute atomic E-state index is 0.0889. The molecule has 0 radical (unpaired) electrons. The normalized spacial score (nSPS) is 12.3. The van der Waals surface area contributed by atoms with Crippen molar-refractivity contribution in [1.29, 1.82) is 0 Å². The Kier molecular flexibility index (Phi) is 4.85. The Balaban J connectivity index is 2.04. The summed E-state index contributed by atoms with van der Waals surface area (Å²) in [4.78, 5) is 7.59. The smallest absolute Gasteiger partial charge is 0.178 e. The summed E-state index contributed by atoms with van der Waals surface area (Å²) in [5.41, 5.74) is 2.83. The number of rotatable bonds is 4. The van der Waals surface area contributed by atoms with Crippen molar-refractivity contribution in [2.45, 2.75) is 19.4 Å². The lowest BCUT2D eigenvalue weighted by Gasteiger charge is -2.17. The van der Waals surface area contributed by atoms with Crippen LogP contribution < -0.4 is 0 Å². The molecule has 1 aromatic carbocycles. The Labute approximate surface area is 149 Å². The Morgan fingerprint density at radius 1 is 1.22 bits per heavy atom. The molecule has 0 saturated heterocycles. The van der Waals surface area contributed by atoms with Crippen molar-refractivity contribution in [2.24, 2.45) is 0 Å². The summed E-state index contributed by atoms with van der Waals surface area (Å²) in [5.74, 6) is 0. The number of pyridine rings is 1. The molecule has 0 fully saturated rings. The van der Waals surface area contributed by atoms with E-state index in [0.717, 1.165) is 23.4 Å². The number of hydrogen-bond acceptors (Lipinski definition) is 2. The Morgan fingerprint density at radius 2 is 2.04 bits per heavy atom. The van der Waals surface area contributed by atoms with Crippen LogP contribution in [0.25, 0.3) is 11.4 Å². The molecule has 3 aromatic rings. The highest BCUT2D eigenvalue weighted by Gasteiger charge is 2.15. The molecular formula is C17H15Cl2N3S. The fraction of sp³-hybridized carbons (Fsp3) is 0.176. The molecule has 0 aliphatic rings. The first-order valence-corrected chi connectivity index (χ1v) is 8.44. The number of benzene rings is 1. The van der Waals surface area contributed by atoms with Crippen LogP contribution in [0, 0.1) is 4.77 Å². The number of H-pyrrole nitrogens is 1. The number of aromatic nitrogens is 3. The second-order valence-electron chi connectivity index (χ2n) is 5.19. The maximum atomic E-state index is 6.16. The standard InChI is InChI=1S/C17H15Cl2N3S/c1-2-16(11-6-7-12(18)13(19)9-11)22-10-15(21-17(22)23)14-5-3-4-8-20-14/h3-10,16H,2H2,1H3,(H,21,23). The summed E-state index contributed by atoms with van der Waals surface area (Å²) in [6, 6.07) is 11.6. The molecule has 0 spiro atoms. The molecule has 1 unspecified atom stereocenters. The van der Waals surface area contributed by atoms with Crippen LogP contribution in [-0.4, -0.2) is 14.5 Å². The van der Waals surface area contributed by atoms with Gasteiger partial charge in [-0.15, -0.1) is 0 Å². The van der Waals surface area contributed by atoms with E-state index >= 15 is 0 Å². The van der Waals surface area contributed by atoms with Crippen LogP contribution in [0.4, 0.5) is 0 Å². The van der Waals surface area contributed by atoms with Gasteiger partial charge in [-0.3, -0.25) is 4.98 Å². The predicted molar refractivity (Wildman–Crippen MR) is 97.7 cm³/mol. The van der Waals surface area contributed by atoms with Crippen molar-refractivity contribution in [3.05, 3.63) is 69.2 Å². The first-order chi connectivity index (χ1) is 11.1. The molecule has 2 aromatic heterocycles. The van der Waals surface area contributed by atoms with Gasteiger partial charge in [0.1, 0.15) is 0 Å². The van der Waals surface area contributed by atoms with E-state index in [4.69, 9.17) is 35.4 Å². The van der Waals surface area contributed by atoms with Crippen molar-refractivity contribution < 1.29 is 0 Å². The molecule has 3 nitrogen and oxygen atoms in total. The van der Waals surface area contributed by atoms with Crippen molar-refractivity contribution in [1.82, 2.24) is 14.5 Å². The lowest BCUT2D eigenvalue weighted by Crippen LogP contribution is -2.08. The van der Waals surface area contributed by atoms with Gasteiger partial charge in [0.15, 0.2) is 4.77 Å². The van der Waals surface area contributed by atoms with Gasteiger partial charge in [0.25, 0.3) is 0 Å². The lowest BCUT2D eigenvalue weighted by molar-refractivity contribution is 0.560. The van der Waals surface area contributed by atoms with Crippen LogP contribution in [0.3, 0.4) is 0 Å². The quantitative estimate of drug-likeness (QED) is 0.584. The molecule has 0 aliphatic heterocycles. The zero-order valence-electron chi connectivity index (χ0n) is 12.5. The summed E-state index contributed by atoms with van der Waals surface area (Å²) in [5, 5.41) is 1.10. The van der Waals surface area contributed by atoms with Crippen LogP contribution in [0.5, 0.6) is 0 Å². The first-order valence-electron chi connectivity index (χ1n) is 7.27. The summed E-state index contributed by atoms with van der Waals surface area (Å²) in [7, 11) is 0. The van der Waals surface area contributed by atoms with E-state index in [-0.39, 0.29) is 6.04 Å². The number of aromatic amines is 1. The third-order valence-corrected chi connectivity index (χ3v) is 4.79. The highest BCUT2D eigenvalue weighted by molar-refractivity contribution is 7.71. The molecule has 23 heavy (non-hydrogen) atoms. The fourth-order valence-corrected chi connectivity index (χ4v) is 3.20. The van der Waals surface area contributed by atoms with Crippen LogP contribution in [0.2, 0.25) is 10.0 Å². The van der Waals surface area contributed by atoms with Crippen molar-refractivity contribution >= 4 is 35.4 Å². The van der Waals surface area contributed by atoms with Gasteiger partial charge in [0, 0.05) is 12.4 Å². The molecule has 3 rings (SSSR count). The Bertz CT molecular complexity index is 871. The number of nitrogens with one attached hydrogen (secondary N) is 1. The third-order valence-electron chi connectivity index (χ3n) is 3.74. The summed E-state index contributed by atoms with van der Waals surface area (Å²) < 4.78 is 2.70. The molecule has 0 bridgehead atoms. The molecule has 1 atom stereocenters. The molecular weight excluding hydrogens is 349 g/mol. The predicted octanol–water partition coefficient (Wildman–Crippen LogP) is 5.91. The third kappa shape index (κ3) is 3.34. The molecule has 0 saturated carbocycles. The molecule has 0 amide bonds. The Hall–Kier alpha value is -1.62. The minimum Gasteiger partial charge on any atom is -0.329 e. The van der Waals surface area contributed by atoms with E-state index in [0.29, 0.717) is 14.8 Å². The number of imidazole rings is 1. The average molecular weight is 364 g/mol. The highest BCUT2D eigenvalue weighted by Crippen LogP contribution is 2.30. The molecule has 118 valence electrons. The largest absolute Gasteiger partial charge is 0.329 e. The first kappa shape index (κ1) is 16.2. The molecule has 6 heteroatoms. The second-order valence-corrected chi connectivity index (χ2v) is 6.39. The monoisotopic (exact) mass is 363 g/mol.